The molecule has 0 saturated carbocycles. The Morgan fingerprint density at radius 3 is 2.84 bits per heavy atom. The average molecular weight is 376 g/mol. The summed E-state index contributed by atoms with van der Waals surface area (Å²) < 4.78 is 7.03. The normalized spacial score (nSPS) is 11.3. The summed E-state index contributed by atoms with van der Waals surface area (Å²) in [7, 11) is 1.63. The van der Waals surface area contributed by atoms with Crippen LogP contribution in [0.3, 0.4) is 0 Å². The van der Waals surface area contributed by atoms with Gasteiger partial charge in [0.2, 0.25) is 5.91 Å². The first kappa shape index (κ1) is 17.5. The number of imidazole rings is 1. The molecule has 0 radical (unpaired) electrons. The molecule has 2 aromatic heterocycles. The van der Waals surface area contributed by atoms with E-state index in [4.69, 9.17) is 16.3 Å². The van der Waals surface area contributed by atoms with Crippen LogP contribution in [0.5, 0.6) is 5.75 Å². The van der Waals surface area contributed by atoms with Crippen LogP contribution in [0, 0.1) is 0 Å². The molecule has 1 aromatic carbocycles. The molecule has 5 nitrogen and oxygen atoms in total. The van der Waals surface area contributed by atoms with Crippen LogP contribution in [0.2, 0.25) is 5.15 Å². The second-order valence-electron chi connectivity index (χ2n) is 5.38. The van der Waals surface area contributed by atoms with Gasteiger partial charge in [-0.3, -0.25) is 9.20 Å². The Labute approximate surface area is 155 Å². The van der Waals surface area contributed by atoms with Gasteiger partial charge in [0.05, 0.1) is 12.8 Å². The monoisotopic (exact) mass is 375 g/mol. The average Bonchev–Trinajstić information content (AvgIpc) is 3.19. The summed E-state index contributed by atoms with van der Waals surface area (Å²) in [6.07, 6.45) is 5.14. The third kappa shape index (κ3) is 3.86. The minimum atomic E-state index is -0.0698. The summed E-state index contributed by atoms with van der Waals surface area (Å²) in [5.74, 6) is 0.729. The van der Waals surface area contributed by atoms with E-state index < -0.39 is 0 Å². The molecular weight excluding hydrogens is 358 g/mol. The lowest BCUT2D eigenvalue weighted by atomic mass is 10.2. The topological polar surface area (TPSA) is 46.8 Å². The minimum Gasteiger partial charge on any atom is -0.497 e. The first-order valence-corrected chi connectivity index (χ1v) is 9.09. The van der Waals surface area contributed by atoms with E-state index in [1.165, 1.54) is 11.3 Å². The van der Waals surface area contributed by atoms with Crippen molar-refractivity contribution in [2.75, 3.05) is 13.7 Å². The first-order chi connectivity index (χ1) is 12.1. The highest BCUT2D eigenvalue weighted by Crippen LogP contribution is 2.22. The highest BCUT2D eigenvalue weighted by molar-refractivity contribution is 7.15. The number of methoxy groups -OCH3 is 1. The Kier molecular flexibility index (Phi) is 5.40. The van der Waals surface area contributed by atoms with Gasteiger partial charge in [-0.1, -0.05) is 23.7 Å². The summed E-state index contributed by atoms with van der Waals surface area (Å²) in [5, 5.41) is 2.33. The number of thiazole rings is 1. The van der Waals surface area contributed by atoms with Gasteiger partial charge in [-0.25, -0.2) is 4.98 Å². The predicted octanol–water partition coefficient (Wildman–Crippen LogP) is 4.12. The largest absolute Gasteiger partial charge is 0.497 e. The van der Waals surface area contributed by atoms with E-state index in [-0.39, 0.29) is 5.91 Å². The third-order valence-corrected chi connectivity index (χ3v) is 4.90. The fourth-order valence-electron chi connectivity index (χ4n) is 2.48. The zero-order chi connectivity index (χ0) is 17.8. The van der Waals surface area contributed by atoms with Crippen LogP contribution in [-0.4, -0.2) is 33.8 Å². The van der Waals surface area contributed by atoms with Gasteiger partial charge in [0.15, 0.2) is 10.1 Å². The molecule has 0 fully saturated rings. The molecule has 0 aliphatic carbocycles. The molecule has 1 amide bonds. The van der Waals surface area contributed by atoms with E-state index in [1.807, 2.05) is 47.2 Å². The Hall–Kier alpha value is -2.31. The highest BCUT2D eigenvalue weighted by atomic mass is 35.5. The third-order valence-electron chi connectivity index (χ3n) is 3.86. The maximum absolute atomic E-state index is 12.5. The molecular formula is C18H18ClN3O2S. The quantitative estimate of drug-likeness (QED) is 0.609. The summed E-state index contributed by atoms with van der Waals surface area (Å²) in [4.78, 5) is 19.4. The van der Waals surface area contributed by atoms with Gasteiger partial charge in [0.25, 0.3) is 0 Å². The summed E-state index contributed by atoms with van der Waals surface area (Å²) in [5.41, 5.74) is 1.76. The number of benzene rings is 1. The van der Waals surface area contributed by atoms with E-state index >= 15 is 0 Å². The number of aromatic nitrogens is 2. The second kappa shape index (κ2) is 7.72. The summed E-state index contributed by atoms with van der Waals surface area (Å²) in [6.45, 7) is 3.11. The van der Waals surface area contributed by atoms with Gasteiger partial charge >= 0.3 is 0 Å². The van der Waals surface area contributed by atoms with Crippen LogP contribution in [0.25, 0.3) is 11.0 Å². The van der Waals surface area contributed by atoms with Gasteiger partial charge in [0.1, 0.15) is 5.75 Å². The number of halogens is 1. The lowest BCUT2D eigenvalue weighted by Crippen LogP contribution is -2.28. The van der Waals surface area contributed by atoms with Gasteiger partial charge in [-0.15, -0.1) is 11.3 Å². The lowest BCUT2D eigenvalue weighted by Gasteiger charge is -2.19. The van der Waals surface area contributed by atoms with Crippen molar-refractivity contribution in [3.8, 4) is 5.75 Å². The zero-order valence-electron chi connectivity index (χ0n) is 14.0. The summed E-state index contributed by atoms with van der Waals surface area (Å²) in [6, 6.07) is 7.70. The van der Waals surface area contributed by atoms with Crippen molar-refractivity contribution in [3.63, 3.8) is 0 Å². The van der Waals surface area contributed by atoms with Gasteiger partial charge in [0, 0.05) is 30.7 Å². The standard InChI is InChI=1S/C18H18ClN3O2S/c1-3-21(12-13-4-6-14(24-2)7-5-13)16(23)9-8-15-17(19)20-18-22(15)10-11-25-18/h4-11H,3,12H2,1-2H3/b9-8+. The molecule has 25 heavy (non-hydrogen) atoms. The fraction of sp³-hybridized carbons (Fsp3) is 0.222. The van der Waals surface area contributed by atoms with Crippen LogP contribution in [0.4, 0.5) is 0 Å². The van der Waals surface area contributed by atoms with Crippen molar-refractivity contribution >= 4 is 39.9 Å². The van der Waals surface area contributed by atoms with Gasteiger partial charge < -0.3 is 9.64 Å². The number of carbonyl (C=O) groups excluding carboxylic acids is 1. The van der Waals surface area contributed by atoms with Gasteiger partial charge in [-0.05, 0) is 30.7 Å². The molecule has 0 N–H and O–H groups in total. The molecule has 3 rings (SSSR count). The maximum atomic E-state index is 12.5. The van der Waals surface area contributed by atoms with E-state index in [2.05, 4.69) is 4.98 Å². The van der Waals surface area contributed by atoms with E-state index in [9.17, 15) is 4.79 Å². The van der Waals surface area contributed by atoms with E-state index in [0.29, 0.717) is 23.9 Å². The Bertz CT molecular complexity index is 899. The molecule has 2 heterocycles. The molecule has 0 aliphatic rings. The molecule has 130 valence electrons. The SMILES string of the molecule is CCN(Cc1ccc(OC)cc1)C(=O)/C=C/c1c(Cl)nc2sccn12. The molecule has 0 spiro atoms. The molecule has 0 aliphatic heterocycles. The predicted molar refractivity (Wildman–Crippen MR) is 101 cm³/mol. The number of hydrogen-bond acceptors (Lipinski definition) is 4. The molecule has 0 saturated heterocycles. The maximum Gasteiger partial charge on any atom is 0.246 e. The van der Waals surface area contributed by atoms with Crippen LogP contribution in [-0.2, 0) is 11.3 Å². The van der Waals surface area contributed by atoms with Crippen LogP contribution < -0.4 is 4.74 Å². The number of carbonyl (C=O) groups is 1. The number of fused-ring (bicyclic) bond motifs is 1. The molecule has 3 aromatic rings. The number of nitrogens with zero attached hydrogens (tertiary/aromatic N) is 3. The number of ether oxygens (including phenoxy) is 1. The smallest absolute Gasteiger partial charge is 0.246 e. The zero-order valence-corrected chi connectivity index (χ0v) is 15.5. The van der Waals surface area contributed by atoms with E-state index in [0.717, 1.165) is 16.3 Å². The van der Waals surface area contributed by atoms with E-state index in [1.54, 1.807) is 24.2 Å². The fourth-order valence-corrected chi connectivity index (χ4v) is 3.48. The second-order valence-corrected chi connectivity index (χ2v) is 6.61. The number of amides is 1. The minimum absolute atomic E-state index is 0.0698. The number of hydrogen-bond donors (Lipinski definition) is 0. The molecule has 7 heteroatoms. The Morgan fingerprint density at radius 1 is 1.40 bits per heavy atom. The van der Waals surface area contributed by atoms with Crippen LogP contribution >= 0.6 is 22.9 Å². The molecule has 0 atom stereocenters. The first-order valence-electron chi connectivity index (χ1n) is 7.83. The van der Waals surface area contributed by atoms with Crippen molar-refractivity contribution in [2.45, 2.75) is 13.5 Å². The highest BCUT2D eigenvalue weighted by Gasteiger charge is 2.12. The van der Waals surface area contributed by atoms with Crippen molar-refractivity contribution in [1.82, 2.24) is 14.3 Å². The van der Waals surface area contributed by atoms with Crippen LogP contribution in [0.1, 0.15) is 18.2 Å². The van der Waals surface area contributed by atoms with Crippen molar-refractivity contribution in [2.24, 2.45) is 0 Å². The van der Waals surface area contributed by atoms with Crippen molar-refractivity contribution in [1.29, 1.82) is 0 Å². The Morgan fingerprint density at radius 2 is 2.16 bits per heavy atom. The van der Waals surface area contributed by atoms with Gasteiger partial charge in [-0.2, -0.15) is 0 Å². The summed E-state index contributed by atoms with van der Waals surface area (Å²) >= 11 is 7.65. The molecule has 0 bridgehead atoms. The number of rotatable bonds is 6. The Balaban J connectivity index is 1.73. The van der Waals surface area contributed by atoms with Crippen molar-refractivity contribution in [3.05, 3.63) is 58.3 Å². The number of likely N-dealkylation sites (N-methyl/N-ethyl adjacent to an activating group) is 1. The molecule has 0 unspecified atom stereocenters. The van der Waals surface area contributed by atoms with Crippen LogP contribution in [0.15, 0.2) is 41.9 Å². The lowest BCUT2D eigenvalue weighted by molar-refractivity contribution is -0.126. The van der Waals surface area contributed by atoms with Crippen molar-refractivity contribution < 1.29 is 9.53 Å².